The maximum atomic E-state index is 8.74. The van der Waals surface area contributed by atoms with Crippen LogP contribution < -0.4 is 5.32 Å². The predicted octanol–water partition coefficient (Wildman–Crippen LogP) is 1.55. The van der Waals surface area contributed by atoms with Gasteiger partial charge in [0.2, 0.25) is 0 Å². The second-order valence-corrected chi connectivity index (χ2v) is 2.98. The molecule has 3 nitrogen and oxygen atoms in total. The van der Waals surface area contributed by atoms with E-state index >= 15 is 0 Å². The average Bonchev–Trinajstić information content (AvgIpc) is 2.65. The predicted molar refractivity (Wildman–Crippen MR) is 51.4 cm³/mol. The lowest BCUT2D eigenvalue weighted by Gasteiger charge is -1.98. The lowest BCUT2D eigenvalue weighted by Crippen LogP contribution is -2.02. The molecule has 0 fully saturated rings. The van der Waals surface area contributed by atoms with Crippen molar-refractivity contribution in [3.8, 4) is 12.1 Å². The van der Waals surface area contributed by atoms with Gasteiger partial charge in [0, 0.05) is 12.1 Å². The van der Waals surface area contributed by atoms with Gasteiger partial charge < -0.3 is 5.32 Å². The summed E-state index contributed by atoms with van der Waals surface area (Å²) in [6.45, 7) is 0.693. The first-order valence-electron chi connectivity index (χ1n) is 4.23. The number of benzene rings is 1. The van der Waals surface area contributed by atoms with E-state index in [2.05, 4.69) is 5.32 Å². The largest absolute Gasteiger partial charge is 0.379 e. The normalized spacial score (nSPS) is 12.3. The molecule has 1 aromatic rings. The van der Waals surface area contributed by atoms with Crippen LogP contribution in [0.4, 0.5) is 0 Å². The smallest absolute Gasteiger partial charge is 0.153 e. The summed E-state index contributed by atoms with van der Waals surface area (Å²) in [5.74, 6) is 0. The van der Waals surface area contributed by atoms with Crippen LogP contribution in [0, 0.1) is 22.7 Å². The number of fused-ring (bicyclic) bond motifs is 1. The fourth-order valence-electron chi connectivity index (χ4n) is 1.56. The summed E-state index contributed by atoms with van der Waals surface area (Å²) in [7, 11) is 0. The number of allylic oxidation sites excluding steroid dienone is 1. The maximum absolute atomic E-state index is 8.74. The minimum atomic E-state index is 0.148. The zero-order valence-electron chi connectivity index (χ0n) is 7.41. The molecular formula is C11H7N3. The molecule has 3 heteroatoms. The molecule has 0 radical (unpaired) electrons. The molecule has 1 N–H and O–H groups in total. The van der Waals surface area contributed by atoms with Crippen LogP contribution in [0.1, 0.15) is 11.1 Å². The van der Waals surface area contributed by atoms with Crippen molar-refractivity contribution in [2.45, 2.75) is 6.54 Å². The number of hydrogen-bond acceptors (Lipinski definition) is 3. The summed E-state index contributed by atoms with van der Waals surface area (Å²) in [6, 6.07) is 11.5. The fourth-order valence-corrected chi connectivity index (χ4v) is 1.56. The number of nitrogens with one attached hydrogen (secondary N) is 1. The van der Waals surface area contributed by atoms with Gasteiger partial charge in [-0.1, -0.05) is 24.3 Å². The van der Waals surface area contributed by atoms with Crippen molar-refractivity contribution in [2.75, 3.05) is 0 Å². The van der Waals surface area contributed by atoms with Crippen molar-refractivity contribution in [3.05, 3.63) is 41.0 Å². The van der Waals surface area contributed by atoms with E-state index in [-0.39, 0.29) is 5.57 Å². The Kier molecular flexibility index (Phi) is 1.93. The van der Waals surface area contributed by atoms with Gasteiger partial charge in [0.05, 0.1) is 5.70 Å². The van der Waals surface area contributed by atoms with Crippen molar-refractivity contribution in [2.24, 2.45) is 0 Å². The minimum Gasteiger partial charge on any atom is -0.379 e. The zero-order valence-corrected chi connectivity index (χ0v) is 7.41. The van der Waals surface area contributed by atoms with Gasteiger partial charge in [0.1, 0.15) is 12.1 Å². The van der Waals surface area contributed by atoms with Crippen molar-refractivity contribution in [1.29, 1.82) is 10.5 Å². The molecule has 0 saturated heterocycles. The van der Waals surface area contributed by atoms with Crippen LogP contribution in [0.15, 0.2) is 29.8 Å². The summed E-state index contributed by atoms with van der Waals surface area (Å²) < 4.78 is 0. The van der Waals surface area contributed by atoms with E-state index in [4.69, 9.17) is 10.5 Å². The molecule has 1 aliphatic rings. The Labute approximate surface area is 81.9 Å². The molecule has 2 rings (SSSR count). The number of hydrogen-bond donors (Lipinski definition) is 1. The van der Waals surface area contributed by atoms with Crippen LogP contribution in [-0.2, 0) is 6.54 Å². The second-order valence-electron chi connectivity index (χ2n) is 2.98. The average molecular weight is 181 g/mol. The molecule has 0 aromatic heterocycles. The monoisotopic (exact) mass is 181 g/mol. The molecular weight excluding hydrogens is 174 g/mol. The van der Waals surface area contributed by atoms with E-state index in [1.165, 1.54) is 0 Å². The highest BCUT2D eigenvalue weighted by Gasteiger charge is 2.18. The molecule has 0 bridgehead atoms. The van der Waals surface area contributed by atoms with Crippen molar-refractivity contribution in [1.82, 2.24) is 5.32 Å². The second kappa shape index (κ2) is 3.24. The topological polar surface area (TPSA) is 59.6 Å². The van der Waals surface area contributed by atoms with Crippen LogP contribution in [0.3, 0.4) is 0 Å². The first-order chi connectivity index (χ1) is 6.86. The number of nitrogens with zero attached hydrogens (tertiary/aromatic N) is 2. The van der Waals surface area contributed by atoms with Crippen molar-refractivity contribution < 1.29 is 0 Å². The maximum Gasteiger partial charge on any atom is 0.153 e. The Morgan fingerprint density at radius 3 is 2.64 bits per heavy atom. The summed E-state index contributed by atoms with van der Waals surface area (Å²) in [4.78, 5) is 0. The molecule has 14 heavy (non-hydrogen) atoms. The molecule has 1 heterocycles. The minimum absolute atomic E-state index is 0.148. The van der Waals surface area contributed by atoms with Crippen LogP contribution in [0.2, 0.25) is 0 Å². The molecule has 1 aromatic carbocycles. The summed E-state index contributed by atoms with van der Waals surface area (Å²) in [5, 5.41) is 20.5. The molecule has 0 amide bonds. The highest BCUT2D eigenvalue weighted by molar-refractivity contribution is 5.78. The first kappa shape index (κ1) is 8.34. The third-order valence-electron chi connectivity index (χ3n) is 2.22. The van der Waals surface area contributed by atoms with E-state index in [0.717, 1.165) is 11.1 Å². The van der Waals surface area contributed by atoms with Gasteiger partial charge in [-0.2, -0.15) is 10.5 Å². The molecule has 0 saturated carbocycles. The summed E-state index contributed by atoms with van der Waals surface area (Å²) in [5.41, 5.74) is 2.90. The molecule has 1 aliphatic heterocycles. The third kappa shape index (κ3) is 1.12. The molecule has 0 atom stereocenters. The number of nitriles is 2. The van der Waals surface area contributed by atoms with E-state index in [1.54, 1.807) is 0 Å². The van der Waals surface area contributed by atoms with Crippen LogP contribution in [-0.4, -0.2) is 0 Å². The quantitative estimate of drug-likeness (QED) is 0.617. The Balaban J connectivity index is 2.62. The van der Waals surface area contributed by atoms with Gasteiger partial charge >= 0.3 is 0 Å². The Morgan fingerprint density at radius 2 is 1.93 bits per heavy atom. The van der Waals surface area contributed by atoms with E-state index in [0.29, 0.717) is 12.2 Å². The third-order valence-corrected chi connectivity index (χ3v) is 2.22. The van der Waals surface area contributed by atoms with Crippen molar-refractivity contribution in [3.63, 3.8) is 0 Å². The highest BCUT2D eigenvalue weighted by atomic mass is 14.9. The number of rotatable bonds is 0. The van der Waals surface area contributed by atoms with Gasteiger partial charge in [-0.15, -0.1) is 0 Å². The van der Waals surface area contributed by atoms with Gasteiger partial charge in [0.15, 0.2) is 5.57 Å². The lowest BCUT2D eigenvalue weighted by molar-refractivity contribution is 0.942. The van der Waals surface area contributed by atoms with Crippen LogP contribution in [0.25, 0.3) is 5.70 Å². The molecule has 0 aliphatic carbocycles. The zero-order chi connectivity index (χ0) is 9.97. The molecule has 66 valence electrons. The fraction of sp³-hybridized carbons (Fsp3) is 0.0909. The molecule has 0 spiro atoms. The first-order valence-corrected chi connectivity index (χ1v) is 4.23. The van der Waals surface area contributed by atoms with E-state index in [1.807, 2.05) is 36.4 Å². The van der Waals surface area contributed by atoms with Gasteiger partial charge in [-0.3, -0.25) is 0 Å². The van der Waals surface area contributed by atoms with E-state index in [9.17, 15) is 0 Å². The van der Waals surface area contributed by atoms with Crippen LogP contribution >= 0.6 is 0 Å². The van der Waals surface area contributed by atoms with Crippen molar-refractivity contribution >= 4 is 5.70 Å². The van der Waals surface area contributed by atoms with E-state index < -0.39 is 0 Å². The lowest BCUT2D eigenvalue weighted by atomic mass is 10.1. The van der Waals surface area contributed by atoms with Gasteiger partial charge in [0.25, 0.3) is 0 Å². The van der Waals surface area contributed by atoms with Crippen LogP contribution in [0.5, 0.6) is 0 Å². The Morgan fingerprint density at radius 1 is 1.21 bits per heavy atom. The Bertz CT molecular complexity index is 470. The SMILES string of the molecule is N#CC(C#N)=C1NCc2ccccc21. The summed E-state index contributed by atoms with van der Waals surface area (Å²) in [6.07, 6.45) is 0. The molecule has 0 unspecified atom stereocenters. The Hall–Kier alpha value is -2.26. The standard InChI is InChI=1S/C11H7N3/c12-5-9(6-13)11-10-4-2-1-3-8(10)7-14-11/h1-4,14H,7H2. The van der Waals surface area contributed by atoms with Gasteiger partial charge in [-0.25, -0.2) is 0 Å². The van der Waals surface area contributed by atoms with Gasteiger partial charge in [-0.05, 0) is 5.56 Å². The highest BCUT2D eigenvalue weighted by Crippen LogP contribution is 2.25. The summed E-state index contributed by atoms with van der Waals surface area (Å²) >= 11 is 0.